The summed E-state index contributed by atoms with van der Waals surface area (Å²) < 4.78 is 7.50. The Balaban J connectivity index is 1.34. The van der Waals surface area contributed by atoms with E-state index < -0.39 is 0 Å². The molecule has 0 bridgehead atoms. The molecule has 32 heavy (non-hydrogen) atoms. The predicted molar refractivity (Wildman–Crippen MR) is 124 cm³/mol. The molecule has 2 heterocycles. The van der Waals surface area contributed by atoms with Crippen LogP contribution >= 0.6 is 0 Å². The van der Waals surface area contributed by atoms with Crippen molar-refractivity contribution in [3.63, 3.8) is 0 Å². The molecule has 2 aromatic heterocycles. The van der Waals surface area contributed by atoms with Crippen LogP contribution in [0.15, 0.2) is 79.4 Å². The van der Waals surface area contributed by atoms with E-state index in [0.717, 1.165) is 25.8 Å². The topological polar surface area (TPSA) is 59.9 Å². The van der Waals surface area contributed by atoms with E-state index in [2.05, 4.69) is 64.5 Å². The Morgan fingerprint density at radius 1 is 1.12 bits per heavy atom. The van der Waals surface area contributed by atoms with Gasteiger partial charge in [-0.2, -0.15) is 5.10 Å². The van der Waals surface area contributed by atoms with E-state index in [0.29, 0.717) is 11.7 Å². The van der Waals surface area contributed by atoms with Crippen LogP contribution in [0.3, 0.4) is 0 Å². The average Bonchev–Trinajstić information content (AvgIpc) is 3.48. The van der Waals surface area contributed by atoms with Crippen LogP contribution in [0.5, 0.6) is 5.75 Å². The SMILES string of the molecule is CC(=O)Oc1cccc2c1CCC(Cn1cc(C(c3ccccc3)c3cc[nH]c3)cn1)C2. The molecule has 162 valence electrons. The maximum absolute atomic E-state index is 11.4. The van der Waals surface area contributed by atoms with E-state index in [1.54, 1.807) is 0 Å². The second kappa shape index (κ2) is 8.87. The van der Waals surface area contributed by atoms with Crippen LogP contribution in [0, 0.1) is 5.92 Å². The first-order valence-corrected chi connectivity index (χ1v) is 11.2. The Labute approximate surface area is 188 Å². The molecule has 0 spiro atoms. The van der Waals surface area contributed by atoms with Crippen LogP contribution in [0.4, 0.5) is 0 Å². The zero-order valence-electron chi connectivity index (χ0n) is 18.2. The number of ether oxygens (including phenoxy) is 1. The van der Waals surface area contributed by atoms with Crippen LogP contribution in [-0.2, 0) is 24.2 Å². The fraction of sp³-hybridized carbons (Fsp3) is 0.259. The number of aromatic amines is 1. The normalized spacial score (nSPS) is 16.3. The first-order chi connectivity index (χ1) is 15.7. The van der Waals surface area contributed by atoms with Crippen molar-refractivity contribution >= 4 is 5.97 Å². The highest BCUT2D eigenvalue weighted by molar-refractivity contribution is 5.70. The van der Waals surface area contributed by atoms with Gasteiger partial charge < -0.3 is 9.72 Å². The monoisotopic (exact) mass is 425 g/mol. The van der Waals surface area contributed by atoms with Gasteiger partial charge in [0, 0.05) is 43.5 Å². The molecule has 1 N–H and O–H groups in total. The van der Waals surface area contributed by atoms with Gasteiger partial charge in [0.25, 0.3) is 0 Å². The number of nitrogens with one attached hydrogen (secondary N) is 1. The summed E-state index contributed by atoms with van der Waals surface area (Å²) in [5, 5.41) is 4.72. The van der Waals surface area contributed by atoms with Crippen molar-refractivity contribution < 1.29 is 9.53 Å². The van der Waals surface area contributed by atoms with Crippen molar-refractivity contribution in [3.05, 3.63) is 107 Å². The standard InChI is InChI=1S/C27H27N3O2/c1-19(31)32-26-9-5-8-22-14-20(10-11-25(22)26)17-30-18-24(16-29-30)27(23-12-13-28-15-23)21-6-3-2-4-7-21/h2-9,12-13,15-16,18,20,27-28H,10-11,14,17H2,1H3. The van der Waals surface area contributed by atoms with Gasteiger partial charge >= 0.3 is 5.97 Å². The summed E-state index contributed by atoms with van der Waals surface area (Å²) in [5.74, 6) is 1.12. The molecule has 2 atom stereocenters. The molecule has 5 rings (SSSR count). The number of nitrogens with zero attached hydrogens (tertiary/aromatic N) is 2. The van der Waals surface area contributed by atoms with Gasteiger partial charge in [0.2, 0.25) is 0 Å². The average molecular weight is 426 g/mol. The van der Waals surface area contributed by atoms with Gasteiger partial charge in [0.05, 0.1) is 6.20 Å². The maximum atomic E-state index is 11.4. The van der Waals surface area contributed by atoms with Crippen molar-refractivity contribution in [2.24, 2.45) is 5.92 Å². The van der Waals surface area contributed by atoms with Gasteiger partial charge in [-0.3, -0.25) is 9.48 Å². The molecular formula is C27H27N3O2. The van der Waals surface area contributed by atoms with E-state index in [1.807, 2.05) is 24.5 Å². The number of hydrogen-bond donors (Lipinski definition) is 1. The second-order valence-electron chi connectivity index (χ2n) is 8.58. The Morgan fingerprint density at radius 3 is 2.78 bits per heavy atom. The van der Waals surface area contributed by atoms with Gasteiger partial charge in [-0.1, -0.05) is 42.5 Å². The number of benzene rings is 2. The largest absolute Gasteiger partial charge is 0.426 e. The van der Waals surface area contributed by atoms with Gasteiger partial charge in [0.15, 0.2) is 0 Å². The summed E-state index contributed by atoms with van der Waals surface area (Å²) in [6, 6.07) is 18.7. The molecule has 4 aromatic rings. The van der Waals surface area contributed by atoms with E-state index in [9.17, 15) is 4.79 Å². The number of hydrogen-bond acceptors (Lipinski definition) is 3. The Bertz CT molecular complexity index is 1190. The summed E-state index contributed by atoms with van der Waals surface area (Å²) in [7, 11) is 0. The molecule has 1 aliphatic rings. The number of rotatable bonds is 6. The van der Waals surface area contributed by atoms with Crippen LogP contribution in [0.2, 0.25) is 0 Å². The van der Waals surface area contributed by atoms with Crippen molar-refractivity contribution in [2.45, 2.75) is 38.6 Å². The minimum atomic E-state index is -0.264. The first kappa shape index (κ1) is 20.3. The maximum Gasteiger partial charge on any atom is 0.308 e. The summed E-state index contributed by atoms with van der Waals surface area (Å²) >= 11 is 0. The molecule has 0 fully saturated rings. The molecule has 2 aromatic carbocycles. The number of esters is 1. The molecule has 0 radical (unpaired) electrons. The summed E-state index contributed by atoms with van der Waals surface area (Å²) in [5.41, 5.74) is 6.15. The lowest BCUT2D eigenvalue weighted by atomic mass is 9.83. The number of fused-ring (bicyclic) bond motifs is 1. The van der Waals surface area contributed by atoms with E-state index >= 15 is 0 Å². The lowest BCUT2D eigenvalue weighted by Crippen LogP contribution is -2.20. The molecule has 5 nitrogen and oxygen atoms in total. The molecule has 1 aliphatic carbocycles. The third-order valence-corrected chi connectivity index (χ3v) is 6.31. The van der Waals surface area contributed by atoms with Crippen LogP contribution in [0.25, 0.3) is 0 Å². The fourth-order valence-corrected chi connectivity index (χ4v) is 4.89. The van der Waals surface area contributed by atoms with Crippen molar-refractivity contribution in [1.29, 1.82) is 0 Å². The lowest BCUT2D eigenvalue weighted by molar-refractivity contribution is -0.131. The van der Waals surface area contributed by atoms with Gasteiger partial charge in [0.1, 0.15) is 5.75 Å². The van der Waals surface area contributed by atoms with E-state index in [4.69, 9.17) is 9.84 Å². The van der Waals surface area contributed by atoms with Gasteiger partial charge in [-0.15, -0.1) is 0 Å². The zero-order chi connectivity index (χ0) is 21.9. The second-order valence-corrected chi connectivity index (χ2v) is 8.58. The van der Waals surface area contributed by atoms with E-state index in [-0.39, 0.29) is 11.9 Å². The van der Waals surface area contributed by atoms with Crippen molar-refractivity contribution in [2.75, 3.05) is 0 Å². The molecular weight excluding hydrogens is 398 g/mol. The highest BCUT2D eigenvalue weighted by Gasteiger charge is 2.24. The van der Waals surface area contributed by atoms with Crippen molar-refractivity contribution in [1.82, 2.24) is 14.8 Å². The van der Waals surface area contributed by atoms with Crippen LogP contribution < -0.4 is 4.74 Å². The minimum absolute atomic E-state index is 0.162. The zero-order valence-corrected chi connectivity index (χ0v) is 18.2. The Kier molecular flexibility index (Phi) is 5.63. The molecule has 0 saturated heterocycles. The quantitative estimate of drug-likeness (QED) is 0.344. The number of carbonyl (C=O) groups excluding carboxylic acids is 1. The Morgan fingerprint density at radius 2 is 2.00 bits per heavy atom. The molecule has 0 saturated carbocycles. The number of carbonyl (C=O) groups is 1. The van der Waals surface area contributed by atoms with Crippen LogP contribution in [0.1, 0.15) is 47.1 Å². The third-order valence-electron chi connectivity index (χ3n) is 6.31. The summed E-state index contributed by atoms with van der Waals surface area (Å²) in [4.78, 5) is 14.6. The minimum Gasteiger partial charge on any atom is -0.426 e. The lowest BCUT2D eigenvalue weighted by Gasteiger charge is -2.26. The number of aromatic nitrogens is 3. The molecule has 5 heteroatoms. The van der Waals surface area contributed by atoms with Gasteiger partial charge in [-0.25, -0.2) is 0 Å². The molecule has 0 amide bonds. The van der Waals surface area contributed by atoms with E-state index in [1.165, 1.54) is 34.7 Å². The summed E-state index contributed by atoms with van der Waals surface area (Å²) in [6.45, 7) is 2.34. The first-order valence-electron chi connectivity index (χ1n) is 11.2. The number of H-pyrrole nitrogens is 1. The molecule has 2 unspecified atom stereocenters. The fourth-order valence-electron chi connectivity index (χ4n) is 4.89. The van der Waals surface area contributed by atoms with Crippen molar-refractivity contribution in [3.8, 4) is 5.75 Å². The smallest absolute Gasteiger partial charge is 0.308 e. The predicted octanol–water partition coefficient (Wildman–Crippen LogP) is 5.12. The van der Waals surface area contributed by atoms with Crippen LogP contribution in [-0.4, -0.2) is 20.7 Å². The summed E-state index contributed by atoms with van der Waals surface area (Å²) in [6.07, 6.45) is 11.2. The highest BCUT2D eigenvalue weighted by atomic mass is 16.5. The Hall–Kier alpha value is -3.60. The molecule has 0 aliphatic heterocycles. The van der Waals surface area contributed by atoms with Gasteiger partial charge in [-0.05, 0) is 59.6 Å². The highest BCUT2D eigenvalue weighted by Crippen LogP contribution is 2.34. The third kappa shape index (κ3) is 4.24.